The Hall–Kier alpha value is -4.60. The van der Waals surface area contributed by atoms with Gasteiger partial charge >= 0.3 is 20.1 Å². The smallest absolute Gasteiger partial charge is 0.499 e. The van der Waals surface area contributed by atoms with Crippen LogP contribution in [-0.4, -0.2) is 17.6 Å². The van der Waals surface area contributed by atoms with E-state index >= 15 is 0 Å². The quantitative estimate of drug-likeness (QED) is 0.0948. The molecule has 0 radical (unpaired) electrons. The van der Waals surface area contributed by atoms with E-state index in [4.69, 9.17) is 17.6 Å². The van der Waals surface area contributed by atoms with Crippen molar-refractivity contribution in [3.05, 3.63) is 132 Å². The Labute approximate surface area is 350 Å². The molecular formula is C48H52IrN4OSi+. The molecular weight excluding hydrogens is 869 g/mol. The standard InChI is InChI=1S/C38H43N2OSi.C10H9N2.Ir/c1-22(2)29-17-26(38(6,7)8)18-30(23(3)4)34(29)31-19-32(40-21-24(31)5)27-15-16-33(42(9,10)11)35-28-14-12-13-25(20-39)36(28)41-37(27)35;1-11-7-8-12(9-11)10-5-3-2-4-6-10;/h12-14,16-19,21-23H,1-11H3;2-5,7-8H,1H3;/q2*-1;+3/i5D3;1D3;. The molecule has 3 aromatic heterocycles. The van der Waals surface area contributed by atoms with Gasteiger partial charge in [0, 0.05) is 36.2 Å². The molecule has 0 saturated carbocycles. The van der Waals surface area contributed by atoms with Crippen LogP contribution < -0.4 is 9.75 Å². The first-order valence-electron chi connectivity index (χ1n) is 21.4. The van der Waals surface area contributed by atoms with Crippen molar-refractivity contribution < 1.29 is 37.3 Å². The van der Waals surface area contributed by atoms with Crippen molar-refractivity contribution in [3.63, 3.8) is 0 Å². The number of para-hydroxylation sites is 2. The van der Waals surface area contributed by atoms with Gasteiger partial charge < -0.3 is 18.5 Å². The number of nitriles is 1. The molecule has 0 fully saturated rings. The second-order valence-electron chi connectivity index (χ2n) is 16.5. The summed E-state index contributed by atoms with van der Waals surface area (Å²) in [6.07, 6.45) is 7.33. The van der Waals surface area contributed by atoms with E-state index < -0.39 is 21.9 Å². The van der Waals surface area contributed by atoms with Gasteiger partial charge in [0.05, 0.1) is 22.2 Å². The number of aryl methyl sites for hydroxylation is 2. The number of hydrogen-bond donors (Lipinski definition) is 0. The van der Waals surface area contributed by atoms with Crippen LogP contribution in [-0.2, 0) is 32.5 Å². The minimum absolute atomic E-state index is 0. The number of pyridine rings is 1. The van der Waals surface area contributed by atoms with E-state index in [9.17, 15) is 5.26 Å². The molecule has 0 bridgehead atoms. The summed E-state index contributed by atoms with van der Waals surface area (Å²) in [5.74, 6) is 0.324. The Kier molecular flexibility index (Phi) is 9.96. The zero-order valence-corrected chi connectivity index (χ0v) is 36.7. The van der Waals surface area contributed by atoms with E-state index in [1.807, 2.05) is 42.5 Å². The van der Waals surface area contributed by atoms with Crippen molar-refractivity contribution in [1.82, 2.24) is 9.55 Å². The average molecular weight is 927 g/mol. The van der Waals surface area contributed by atoms with Gasteiger partial charge in [0.15, 0.2) is 0 Å². The molecule has 55 heavy (non-hydrogen) atoms. The van der Waals surface area contributed by atoms with Crippen molar-refractivity contribution in [2.45, 2.75) is 92.2 Å². The third-order valence-corrected chi connectivity index (χ3v) is 11.8. The molecule has 3 heterocycles. The minimum atomic E-state index is -2.37. The largest absolute Gasteiger partial charge is 3.00 e. The maximum Gasteiger partial charge on any atom is 3.00 e. The van der Waals surface area contributed by atoms with Gasteiger partial charge in [-0.25, -0.2) is 0 Å². The fourth-order valence-corrected chi connectivity index (χ4v) is 8.34. The van der Waals surface area contributed by atoms with Gasteiger partial charge in [0.25, 0.3) is 0 Å². The minimum Gasteiger partial charge on any atom is -0.499 e. The van der Waals surface area contributed by atoms with E-state index in [2.05, 4.69) is 105 Å². The Balaban J connectivity index is 0.000000369. The van der Waals surface area contributed by atoms with Crippen molar-refractivity contribution in [2.24, 2.45) is 6.98 Å². The zero-order valence-electron chi connectivity index (χ0n) is 39.3. The van der Waals surface area contributed by atoms with Gasteiger partial charge in [0.2, 0.25) is 6.33 Å². The molecule has 0 saturated heterocycles. The number of hydrogen-bond acceptors (Lipinski definition) is 3. The van der Waals surface area contributed by atoms with Gasteiger partial charge in [-0.1, -0.05) is 115 Å². The first kappa shape index (κ1) is 33.7. The fraction of sp³-hybridized carbons (Fsp3) is 0.312. The summed E-state index contributed by atoms with van der Waals surface area (Å²) in [5.41, 5.74) is 8.95. The molecule has 0 N–H and O–H groups in total. The van der Waals surface area contributed by atoms with Gasteiger partial charge in [0.1, 0.15) is 11.7 Å². The Bertz CT molecular complexity index is 2700. The molecule has 4 aromatic carbocycles. The van der Waals surface area contributed by atoms with E-state index in [0.29, 0.717) is 33.6 Å². The average Bonchev–Trinajstić information content (AvgIpc) is 3.83. The summed E-state index contributed by atoms with van der Waals surface area (Å²) in [6.45, 7) is 17.6. The number of imidazole rings is 1. The van der Waals surface area contributed by atoms with Crippen LogP contribution >= 0.6 is 0 Å². The van der Waals surface area contributed by atoms with Crippen molar-refractivity contribution in [3.8, 4) is 34.1 Å². The van der Waals surface area contributed by atoms with Crippen LogP contribution in [0.25, 0.3) is 50.0 Å². The summed E-state index contributed by atoms with van der Waals surface area (Å²) in [7, 11) is -1.86. The normalized spacial score (nSPS) is 13.9. The van der Waals surface area contributed by atoms with Crippen LogP contribution in [0, 0.1) is 36.6 Å². The molecule has 282 valence electrons. The molecule has 7 rings (SSSR count). The van der Waals surface area contributed by atoms with Crippen LogP contribution in [0.15, 0.2) is 89.7 Å². The van der Waals surface area contributed by atoms with Crippen molar-refractivity contribution >= 4 is 35.2 Å². The monoisotopic (exact) mass is 927 g/mol. The Morgan fingerprint density at radius 3 is 2.25 bits per heavy atom. The van der Waals surface area contributed by atoms with Crippen LogP contribution in [0.1, 0.15) is 96.3 Å². The van der Waals surface area contributed by atoms with E-state index in [-0.39, 0.29) is 42.9 Å². The second-order valence-corrected chi connectivity index (χ2v) is 21.6. The third-order valence-electron chi connectivity index (χ3n) is 9.77. The predicted molar refractivity (Wildman–Crippen MR) is 225 cm³/mol. The number of nitrogens with zero attached hydrogens (tertiary/aromatic N) is 4. The number of aromatic nitrogens is 3. The fourth-order valence-electron chi connectivity index (χ4n) is 6.84. The molecule has 0 atom stereocenters. The molecule has 5 nitrogen and oxygen atoms in total. The third kappa shape index (κ3) is 8.48. The molecule has 7 aromatic rings. The SMILES string of the molecule is [2H]C([2H])([2H])[n+]1[c-]n(-c2[c-]cccc2)cc1.[2H]C([2H])([2H])c1cnc(-c2[c-]cc([Si](C)(C)C)c3c2oc2c(C#N)cccc23)cc1-c1c(C(C)C)cc(C(C)(C)C)cc1C(C)C.[Ir+3]. The zero-order chi connectivity index (χ0) is 44.1. The molecule has 0 spiro atoms. The number of rotatable bonds is 6. The summed E-state index contributed by atoms with van der Waals surface area (Å²) in [5, 5.41) is 13.0. The first-order valence-corrected chi connectivity index (χ1v) is 21.9. The topological polar surface area (TPSA) is 58.6 Å². The summed E-state index contributed by atoms with van der Waals surface area (Å²) in [4.78, 5) is 4.76. The number of furan rings is 1. The second kappa shape index (κ2) is 16.2. The van der Waals surface area contributed by atoms with Gasteiger partial charge in [-0.3, -0.25) is 0 Å². The van der Waals surface area contributed by atoms with Crippen molar-refractivity contribution in [2.75, 3.05) is 0 Å². The number of benzene rings is 4. The maximum absolute atomic E-state index is 9.88. The van der Waals surface area contributed by atoms with E-state index in [0.717, 1.165) is 37.7 Å². The molecule has 0 aliphatic rings. The van der Waals surface area contributed by atoms with Gasteiger partial charge in [-0.05, 0) is 69.2 Å². The van der Waals surface area contributed by atoms with Crippen LogP contribution in [0.4, 0.5) is 0 Å². The molecule has 0 aliphatic carbocycles. The first-order chi connectivity index (χ1) is 27.9. The van der Waals surface area contributed by atoms with Gasteiger partial charge in [-0.15, -0.1) is 17.3 Å². The van der Waals surface area contributed by atoms with Crippen LogP contribution in [0.5, 0.6) is 0 Å². The summed E-state index contributed by atoms with van der Waals surface area (Å²) >= 11 is 0. The van der Waals surface area contributed by atoms with E-state index in [1.165, 1.54) is 23.1 Å². The molecule has 0 amide bonds. The molecule has 7 heteroatoms. The summed E-state index contributed by atoms with van der Waals surface area (Å²) < 4.78 is 56.3. The molecule has 0 aliphatic heterocycles. The van der Waals surface area contributed by atoms with Crippen molar-refractivity contribution in [1.29, 1.82) is 5.26 Å². The Morgan fingerprint density at radius 1 is 0.964 bits per heavy atom. The predicted octanol–water partition coefficient (Wildman–Crippen LogP) is 11.3. The van der Waals surface area contributed by atoms with Crippen LogP contribution in [0.2, 0.25) is 19.6 Å². The summed E-state index contributed by atoms with van der Waals surface area (Å²) in [6, 6.07) is 30.2. The van der Waals surface area contributed by atoms with E-state index in [1.54, 1.807) is 22.9 Å². The number of fused-ring (bicyclic) bond motifs is 3. The molecule has 0 unspecified atom stereocenters. The maximum atomic E-state index is 9.88. The Morgan fingerprint density at radius 2 is 1.69 bits per heavy atom. The van der Waals surface area contributed by atoms with Crippen LogP contribution in [0.3, 0.4) is 0 Å². The van der Waals surface area contributed by atoms with Gasteiger partial charge in [-0.2, -0.15) is 35.6 Å².